The van der Waals surface area contributed by atoms with Crippen LogP contribution in [0.1, 0.15) is 11.1 Å². The van der Waals surface area contributed by atoms with E-state index in [1.165, 1.54) is 0 Å². The molecule has 1 aromatic heterocycles. The van der Waals surface area contributed by atoms with Gasteiger partial charge in [0.1, 0.15) is 0 Å². The molecule has 0 fully saturated rings. The van der Waals surface area contributed by atoms with Crippen LogP contribution >= 0.6 is 11.6 Å². The van der Waals surface area contributed by atoms with Gasteiger partial charge in [0.2, 0.25) is 12.7 Å². The van der Waals surface area contributed by atoms with Crippen molar-refractivity contribution < 1.29 is 14.3 Å². The maximum Gasteiger partial charge on any atom is 0.246 e. The van der Waals surface area contributed by atoms with Crippen molar-refractivity contribution in [1.82, 2.24) is 14.8 Å². The summed E-state index contributed by atoms with van der Waals surface area (Å²) in [5, 5.41) is 0.469. The van der Waals surface area contributed by atoms with E-state index in [1.54, 1.807) is 35.5 Å². The highest BCUT2D eigenvalue weighted by Crippen LogP contribution is 2.40. The average Bonchev–Trinajstić information content (AvgIpc) is 3.13. The number of hydrogen-bond acceptors (Lipinski definition) is 5. The van der Waals surface area contributed by atoms with Crippen LogP contribution in [0.3, 0.4) is 0 Å². The number of carbonyl (C=O) groups is 1. The predicted molar refractivity (Wildman–Crippen MR) is 105 cm³/mol. The van der Waals surface area contributed by atoms with Gasteiger partial charge >= 0.3 is 0 Å². The molecule has 0 N–H and O–H groups in total. The molecule has 0 unspecified atom stereocenters. The zero-order chi connectivity index (χ0) is 19.2. The molecule has 0 spiro atoms. The molecule has 0 saturated heterocycles. The summed E-state index contributed by atoms with van der Waals surface area (Å²) in [5.41, 5.74) is 1.77. The normalized spacial score (nSPS) is 12.7. The standard InChI is InChI=1S/C20H22ClN3O3/c1-23(2)8-9-24(13-16-4-3-7-22-12-16)19(25)6-5-15-10-17(21)20-18(11-15)26-14-27-20/h3-7,10-12H,8-9,13-14H2,1-2H3. The summed E-state index contributed by atoms with van der Waals surface area (Å²) >= 11 is 6.20. The Hall–Kier alpha value is -2.57. The Morgan fingerprint density at radius 3 is 2.89 bits per heavy atom. The number of pyridine rings is 1. The molecule has 0 atom stereocenters. The molecule has 27 heavy (non-hydrogen) atoms. The van der Waals surface area contributed by atoms with Crippen molar-refractivity contribution >= 4 is 23.6 Å². The highest BCUT2D eigenvalue weighted by molar-refractivity contribution is 6.32. The number of carbonyl (C=O) groups excluding carboxylic acids is 1. The van der Waals surface area contributed by atoms with Crippen LogP contribution < -0.4 is 9.47 Å². The van der Waals surface area contributed by atoms with E-state index in [4.69, 9.17) is 21.1 Å². The van der Waals surface area contributed by atoms with Gasteiger partial charge in [0.15, 0.2) is 11.5 Å². The number of halogens is 1. The molecular weight excluding hydrogens is 366 g/mol. The molecule has 0 saturated carbocycles. The third-order valence-corrected chi connectivity index (χ3v) is 4.37. The van der Waals surface area contributed by atoms with Gasteiger partial charge in [-0.3, -0.25) is 9.78 Å². The second-order valence-corrected chi connectivity index (χ2v) is 6.90. The van der Waals surface area contributed by atoms with Crippen LogP contribution in [0.15, 0.2) is 42.7 Å². The van der Waals surface area contributed by atoms with Gasteiger partial charge in [-0.1, -0.05) is 17.7 Å². The van der Waals surface area contributed by atoms with Crippen molar-refractivity contribution in [2.75, 3.05) is 34.0 Å². The minimum atomic E-state index is -0.0745. The number of aromatic nitrogens is 1. The molecule has 1 aromatic carbocycles. The first-order chi connectivity index (χ1) is 13.0. The number of rotatable bonds is 7. The first-order valence-corrected chi connectivity index (χ1v) is 9.00. The number of fused-ring (bicyclic) bond motifs is 1. The molecular formula is C20H22ClN3O3. The number of ether oxygens (including phenoxy) is 2. The fourth-order valence-corrected chi connectivity index (χ4v) is 2.93. The third-order valence-electron chi connectivity index (χ3n) is 4.09. The lowest BCUT2D eigenvalue weighted by Crippen LogP contribution is -2.35. The molecule has 1 amide bonds. The summed E-state index contributed by atoms with van der Waals surface area (Å²) in [6.07, 6.45) is 6.79. The van der Waals surface area contributed by atoms with Crippen molar-refractivity contribution in [3.05, 3.63) is 58.9 Å². The van der Waals surface area contributed by atoms with E-state index in [1.807, 2.05) is 37.2 Å². The molecule has 142 valence electrons. The van der Waals surface area contributed by atoms with Crippen LogP contribution in [-0.2, 0) is 11.3 Å². The highest BCUT2D eigenvalue weighted by atomic mass is 35.5. The van der Waals surface area contributed by atoms with Gasteiger partial charge in [0.05, 0.1) is 5.02 Å². The smallest absolute Gasteiger partial charge is 0.246 e. The average molecular weight is 388 g/mol. The predicted octanol–water partition coefficient (Wildman–Crippen LogP) is 3.07. The van der Waals surface area contributed by atoms with Crippen molar-refractivity contribution in [1.29, 1.82) is 0 Å². The molecule has 0 radical (unpaired) electrons. The van der Waals surface area contributed by atoms with Crippen molar-refractivity contribution in [3.8, 4) is 11.5 Å². The van der Waals surface area contributed by atoms with E-state index in [-0.39, 0.29) is 12.7 Å². The number of likely N-dealkylation sites (N-methyl/N-ethyl adjacent to an activating group) is 1. The lowest BCUT2D eigenvalue weighted by atomic mass is 10.2. The fraction of sp³-hybridized carbons (Fsp3) is 0.300. The summed E-state index contributed by atoms with van der Waals surface area (Å²) in [6.45, 7) is 2.06. The van der Waals surface area contributed by atoms with Gasteiger partial charge in [-0.15, -0.1) is 0 Å². The van der Waals surface area contributed by atoms with Gasteiger partial charge in [0.25, 0.3) is 0 Å². The first kappa shape index (κ1) is 19.2. The van der Waals surface area contributed by atoms with Gasteiger partial charge in [0, 0.05) is 38.1 Å². The van der Waals surface area contributed by atoms with Crippen molar-refractivity contribution in [3.63, 3.8) is 0 Å². The summed E-state index contributed by atoms with van der Waals surface area (Å²) in [6, 6.07) is 7.39. The van der Waals surface area contributed by atoms with E-state index in [0.717, 1.165) is 17.7 Å². The molecule has 7 heteroatoms. The molecule has 6 nitrogen and oxygen atoms in total. The lowest BCUT2D eigenvalue weighted by molar-refractivity contribution is -0.126. The van der Waals surface area contributed by atoms with Gasteiger partial charge in [-0.05, 0) is 49.5 Å². The fourth-order valence-electron chi connectivity index (χ4n) is 2.66. The van der Waals surface area contributed by atoms with Gasteiger partial charge in [-0.2, -0.15) is 0 Å². The maximum absolute atomic E-state index is 12.8. The Labute approximate surface area is 164 Å². The number of amides is 1. The number of benzene rings is 1. The Morgan fingerprint density at radius 1 is 1.30 bits per heavy atom. The molecule has 2 heterocycles. The molecule has 2 aromatic rings. The van der Waals surface area contributed by atoms with Crippen LogP contribution in [-0.4, -0.2) is 54.7 Å². The van der Waals surface area contributed by atoms with Gasteiger partial charge in [-0.25, -0.2) is 0 Å². The number of hydrogen-bond donors (Lipinski definition) is 0. The zero-order valence-electron chi connectivity index (χ0n) is 15.4. The minimum Gasteiger partial charge on any atom is -0.454 e. The quantitative estimate of drug-likeness (QED) is 0.683. The van der Waals surface area contributed by atoms with Crippen LogP contribution in [0, 0.1) is 0 Å². The van der Waals surface area contributed by atoms with Crippen molar-refractivity contribution in [2.24, 2.45) is 0 Å². The summed E-state index contributed by atoms with van der Waals surface area (Å²) in [5.74, 6) is 1.06. The van der Waals surface area contributed by atoms with Crippen LogP contribution in [0.25, 0.3) is 6.08 Å². The van der Waals surface area contributed by atoms with Crippen LogP contribution in [0.5, 0.6) is 11.5 Å². The van der Waals surface area contributed by atoms with Crippen molar-refractivity contribution in [2.45, 2.75) is 6.54 Å². The Morgan fingerprint density at radius 2 is 2.15 bits per heavy atom. The Bertz CT molecular complexity index is 825. The Balaban J connectivity index is 1.73. The second kappa shape index (κ2) is 8.88. The molecule has 3 rings (SSSR count). The lowest BCUT2D eigenvalue weighted by Gasteiger charge is -2.23. The Kier molecular flexibility index (Phi) is 6.32. The van der Waals surface area contributed by atoms with Crippen LogP contribution in [0.2, 0.25) is 5.02 Å². The molecule has 1 aliphatic rings. The summed E-state index contributed by atoms with van der Waals surface area (Å²) in [7, 11) is 3.97. The minimum absolute atomic E-state index is 0.0745. The number of nitrogens with zero attached hydrogens (tertiary/aromatic N) is 3. The van der Waals surface area contributed by atoms with Crippen LogP contribution in [0.4, 0.5) is 0 Å². The molecule has 0 aliphatic carbocycles. The van der Waals surface area contributed by atoms with E-state index >= 15 is 0 Å². The maximum atomic E-state index is 12.8. The highest BCUT2D eigenvalue weighted by Gasteiger charge is 2.18. The summed E-state index contributed by atoms with van der Waals surface area (Å²) in [4.78, 5) is 20.7. The van der Waals surface area contributed by atoms with E-state index < -0.39 is 0 Å². The molecule has 0 bridgehead atoms. The first-order valence-electron chi connectivity index (χ1n) is 8.62. The van der Waals surface area contributed by atoms with E-state index in [9.17, 15) is 4.79 Å². The zero-order valence-corrected chi connectivity index (χ0v) is 16.1. The second-order valence-electron chi connectivity index (χ2n) is 6.49. The van der Waals surface area contributed by atoms with Gasteiger partial charge < -0.3 is 19.3 Å². The topological polar surface area (TPSA) is 54.9 Å². The van der Waals surface area contributed by atoms with E-state index in [0.29, 0.717) is 29.6 Å². The molecule has 1 aliphatic heterocycles. The monoisotopic (exact) mass is 387 g/mol. The summed E-state index contributed by atoms with van der Waals surface area (Å²) < 4.78 is 10.7. The largest absolute Gasteiger partial charge is 0.454 e. The SMILES string of the molecule is CN(C)CCN(Cc1cccnc1)C(=O)C=Cc1cc(Cl)c2c(c1)OCO2. The third kappa shape index (κ3) is 5.21. The van der Waals surface area contributed by atoms with E-state index in [2.05, 4.69) is 4.98 Å².